The van der Waals surface area contributed by atoms with Crippen molar-refractivity contribution in [1.82, 2.24) is 5.32 Å². The highest BCUT2D eigenvalue weighted by molar-refractivity contribution is 9.10. The molecule has 0 saturated carbocycles. The third kappa shape index (κ3) is 4.33. The van der Waals surface area contributed by atoms with Crippen molar-refractivity contribution >= 4 is 15.9 Å². The topological polar surface area (TPSA) is 32.3 Å². The molecule has 0 fully saturated rings. The summed E-state index contributed by atoms with van der Waals surface area (Å²) in [5.74, 6) is 0.308. The van der Waals surface area contributed by atoms with Gasteiger partial charge in [0.2, 0.25) is 0 Å². The molecule has 1 unspecified atom stereocenters. The van der Waals surface area contributed by atoms with Gasteiger partial charge in [0.1, 0.15) is 0 Å². The van der Waals surface area contributed by atoms with E-state index in [0.29, 0.717) is 12.0 Å². The molecule has 3 heteroatoms. The highest BCUT2D eigenvalue weighted by Crippen LogP contribution is 2.16. The lowest BCUT2D eigenvalue weighted by Gasteiger charge is -2.16. The van der Waals surface area contributed by atoms with Crippen molar-refractivity contribution in [3.8, 4) is 0 Å². The second-order valence-corrected chi connectivity index (χ2v) is 4.88. The van der Waals surface area contributed by atoms with E-state index < -0.39 is 0 Å². The molecule has 0 saturated heterocycles. The third-order valence-corrected chi connectivity index (χ3v) is 2.98. The molecule has 0 heterocycles. The second-order valence-electron chi connectivity index (χ2n) is 3.97. The van der Waals surface area contributed by atoms with Crippen molar-refractivity contribution in [2.45, 2.75) is 19.9 Å². The van der Waals surface area contributed by atoms with Gasteiger partial charge >= 0.3 is 0 Å². The average molecular weight is 272 g/mol. The predicted molar refractivity (Wildman–Crippen MR) is 66.8 cm³/mol. The van der Waals surface area contributed by atoms with Crippen LogP contribution in [0.4, 0.5) is 0 Å². The molecule has 0 aliphatic carbocycles. The lowest BCUT2D eigenvalue weighted by Crippen LogP contribution is -2.26. The van der Waals surface area contributed by atoms with E-state index in [2.05, 4.69) is 40.3 Å². The molecule has 1 aromatic rings. The molecule has 84 valence electrons. The van der Waals surface area contributed by atoms with Crippen molar-refractivity contribution in [3.63, 3.8) is 0 Å². The largest absolute Gasteiger partial charge is 0.396 e. The fraction of sp³-hybridized carbons (Fsp3) is 0.500. The van der Waals surface area contributed by atoms with Crippen LogP contribution in [0.15, 0.2) is 28.7 Å². The summed E-state index contributed by atoms with van der Waals surface area (Å²) < 4.78 is 1.10. The number of nitrogens with one attached hydrogen (secondary N) is 1. The summed E-state index contributed by atoms with van der Waals surface area (Å²) in [6, 6.07) is 8.62. The number of hydrogen-bond donors (Lipinski definition) is 2. The lowest BCUT2D eigenvalue weighted by atomic mass is 10.1. The predicted octanol–water partition coefficient (Wildman–Crippen LogP) is 2.73. The van der Waals surface area contributed by atoms with Crippen LogP contribution >= 0.6 is 15.9 Å². The quantitative estimate of drug-likeness (QED) is 0.863. The first-order valence-corrected chi connectivity index (χ1v) is 6.02. The van der Waals surface area contributed by atoms with Crippen molar-refractivity contribution in [3.05, 3.63) is 34.3 Å². The van der Waals surface area contributed by atoms with E-state index >= 15 is 0 Å². The van der Waals surface area contributed by atoms with Gasteiger partial charge < -0.3 is 10.4 Å². The van der Waals surface area contributed by atoms with Crippen LogP contribution in [0.3, 0.4) is 0 Å². The number of aliphatic hydroxyl groups is 1. The van der Waals surface area contributed by atoms with Crippen LogP contribution < -0.4 is 5.32 Å². The Kier molecular flexibility index (Phi) is 5.29. The maximum atomic E-state index is 8.91. The van der Waals surface area contributed by atoms with Gasteiger partial charge in [-0.1, -0.05) is 35.0 Å². The molecule has 2 nitrogen and oxygen atoms in total. The van der Waals surface area contributed by atoms with Crippen molar-refractivity contribution in [2.24, 2.45) is 5.92 Å². The normalized spacial score (nSPS) is 14.9. The Labute approximate surface area is 99.8 Å². The van der Waals surface area contributed by atoms with Crippen LogP contribution in [0.2, 0.25) is 0 Å². The first kappa shape index (κ1) is 12.7. The molecule has 0 bridgehead atoms. The van der Waals surface area contributed by atoms with Gasteiger partial charge in [0.25, 0.3) is 0 Å². The van der Waals surface area contributed by atoms with E-state index in [-0.39, 0.29) is 6.61 Å². The fourth-order valence-corrected chi connectivity index (χ4v) is 1.58. The zero-order valence-electron chi connectivity index (χ0n) is 9.20. The number of aliphatic hydroxyl groups excluding tert-OH is 1. The molecule has 1 aromatic carbocycles. The van der Waals surface area contributed by atoms with Gasteiger partial charge in [-0.05, 0) is 30.5 Å². The van der Waals surface area contributed by atoms with Crippen LogP contribution in [0.25, 0.3) is 0 Å². The number of rotatable bonds is 5. The minimum Gasteiger partial charge on any atom is -0.396 e. The standard InChI is InChI=1S/C12H18BrNO/c1-9(8-15)7-14-10(2)11-3-5-12(13)6-4-11/h3-6,9-10,14-15H,7-8H2,1-2H3/t9?,10-/m1/s1. The summed E-state index contributed by atoms with van der Waals surface area (Å²) in [4.78, 5) is 0. The van der Waals surface area contributed by atoms with Crippen LogP contribution in [0, 0.1) is 5.92 Å². The Bertz CT molecular complexity index is 286. The summed E-state index contributed by atoms with van der Waals surface area (Å²) in [7, 11) is 0. The van der Waals surface area contributed by atoms with E-state index in [4.69, 9.17) is 5.11 Å². The molecule has 2 N–H and O–H groups in total. The van der Waals surface area contributed by atoms with Gasteiger partial charge in [-0.2, -0.15) is 0 Å². The number of benzene rings is 1. The molecule has 15 heavy (non-hydrogen) atoms. The van der Waals surface area contributed by atoms with Crippen LogP contribution in [0.1, 0.15) is 25.5 Å². The van der Waals surface area contributed by atoms with Crippen molar-refractivity contribution < 1.29 is 5.11 Å². The Balaban J connectivity index is 2.46. The Hall–Kier alpha value is -0.380. The first-order valence-electron chi connectivity index (χ1n) is 5.23. The van der Waals surface area contributed by atoms with Gasteiger partial charge in [-0.15, -0.1) is 0 Å². The number of halogens is 1. The molecule has 0 amide bonds. The maximum Gasteiger partial charge on any atom is 0.0468 e. The summed E-state index contributed by atoms with van der Waals surface area (Å²) in [6.07, 6.45) is 0. The zero-order valence-corrected chi connectivity index (χ0v) is 10.8. The Morgan fingerprint density at radius 1 is 1.27 bits per heavy atom. The molecule has 2 atom stereocenters. The zero-order chi connectivity index (χ0) is 11.3. The fourth-order valence-electron chi connectivity index (χ4n) is 1.31. The first-order chi connectivity index (χ1) is 7.13. The summed E-state index contributed by atoms with van der Waals surface area (Å²) in [5, 5.41) is 12.3. The van der Waals surface area contributed by atoms with Gasteiger partial charge in [0.15, 0.2) is 0 Å². The SMILES string of the molecule is CC(CO)CN[C@H](C)c1ccc(Br)cc1. The average Bonchev–Trinajstić information content (AvgIpc) is 2.26. The molecular formula is C12H18BrNO. The molecule has 0 spiro atoms. The Morgan fingerprint density at radius 2 is 1.87 bits per heavy atom. The van der Waals surface area contributed by atoms with Crippen LogP contribution in [0.5, 0.6) is 0 Å². The van der Waals surface area contributed by atoms with Crippen LogP contribution in [-0.2, 0) is 0 Å². The minimum absolute atomic E-state index is 0.236. The molecule has 0 aliphatic heterocycles. The van der Waals surface area contributed by atoms with E-state index in [1.165, 1.54) is 5.56 Å². The molecule has 0 aliphatic rings. The smallest absolute Gasteiger partial charge is 0.0468 e. The number of hydrogen-bond acceptors (Lipinski definition) is 2. The highest BCUT2D eigenvalue weighted by atomic mass is 79.9. The third-order valence-electron chi connectivity index (χ3n) is 2.45. The summed E-state index contributed by atoms with van der Waals surface area (Å²) >= 11 is 3.41. The van der Waals surface area contributed by atoms with Crippen molar-refractivity contribution in [2.75, 3.05) is 13.2 Å². The minimum atomic E-state index is 0.236. The van der Waals surface area contributed by atoms with Gasteiger partial charge in [-0.25, -0.2) is 0 Å². The van der Waals surface area contributed by atoms with E-state index in [1.807, 2.05) is 19.1 Å². The van der Waals surface area contributed by atoms with Gasteiger partial charge in [-0.3, -0.25) is 0 Å². The molecule has 0 aromatic heterocycles. The van der Waals surface area contributed by atoms with Gasteiger partial charge in [0.05, 0.1) is 0 Å². The van der Waals surface area contributed by atoms with E-state index in [1.54, 1.807) is 0 Å². The molecule has 0 radical (unpaired) electrons. The summed E-state index contributed by atoms with van der Waals surface area (Å²) in [5.41, 5.74) is 1.27. The maximum absolute atomic E-state index is 8.91. The Morgan fingerprint density at radius 3 is 2.40 bits per heavy atom. The second kappa shape index (κ2) is 6.26. The lowest BCUT2D eigenvalue weighted by molar-refractivity contribution is 0.231. The van der Waals surface area contributed by atoms with E-state index in [0.717, 1.165) is 11.0 Å². The van der Waals surface area contributed by atoms with Crippen molar-refractivity contribution in [1.29, 1.82) is 0 Å². The van der Waals surface area contributed by atoms with Crippen LogP contribution in [-0.4, -0.2) is 18.3 Å². The monoisotopic (exact) mass is 271 g/mol. The molecular weight excluding hydrogens is 254 g/mol. The van der Waals surface area contributed by atoms with E-state index in [9.17, 15) is 0 Å². The highest BCUT2D eigenvalue weighted by Gasteiger charge is 2.06. The summed E-state index contributed by atoms with van der Waals surface area (Å²) in [6.45, 7) is 5.24. The molecule has 1 rings (SSSR count). The van der Waals surface area contributed by atoms with Gasteiger partial charge in [0, 0.05) is 23.7 Å².